The van der Waals surface area contributed by atoms with Crippen molar-refractivity contribution in [3.05, 3.63) is 6.20 Å². The third-order valence-electron chi connectivity index (χ3n) is 3.93. The second kappa shape index (κ2) is 3.89. The summed E-state index contributed by atoms with van der Waals surface area (Å²) in [5.41, 5.74) is 5.75. The zero-order valence-corrected chi connectivity index (χ0v) is 10.4. The van der Waals surface area contributed by atoms with Crippen molar-refractivity contribution in [3.63, 3.8) is 0 Å². The van der Waals surface area contributed by atoms with E-state index in [2.05, 4.69) is 21.8 Å². The second-order valence-electron chi connectivity index (χ2n) is 4.83. The Morgan fingerprint density at radius 3 is 2.94 bits per heavy atom. The molecule has 2 aliphatic heterocycles. The number of thiazole rings is 1. The summed E-state index contributed by atoms with van der Waals surface area (Å²) >= 11 is 1.61. The minimum Gasteiger partial charge on any atom is -0.389 e. The molecule has 2 bridgehead atoms. The molecule has 2 fully saturated rings. The summed E-state index contributed by atoms with van der Waals surface area (Å²) in [6.07, 6.45) is 5.73. The Bertz CT molecular complexity index is 378. The molecule has 0 saturated carbocycles. The van der Waals surface area contributed by atoms with Crippen LogP contribution in [0.15, 0.2) is 6.20 Å². The molecule has 16 heavy (non-hydrogen) atoms. The monoisotopic (exact) mass is 238 g/mol. The fourth-order valence-electron chi connectivity index (χ4n) is 2.91. The Hall–Kier alpha value is -0.810. The van der Waals surface area contributed by atoms with Gasteiger partial charge in [-0.3, -0.25) is 4.90 Å². The van der Waals surface area contributed by atoms with Crippen LogP contribution in [0.5, 0.6) is 0 Å². The number of nitrogen functional groups attached to an aromatic ring is 1. The Morgan fingerprint density at radius 2 is 2.19 bits per heavy atom. The van der Waals surface area contributed by atoms with Gasteiger partial charge in [-0.1, -0.05) is 11.3 Å². The third-order valence-corrected chi connectivity index (χ3v) is 4.82. The van der Waals surface area contributed by atoms with Crippen molar-refractivity contribution in [3.8, 4) is 0 Å². The molecule has 2 saturated heterocycles. The molecule has 0 radical (unpaired) electrons. The molecule has 0 aromatic carbocycles. The highest BCUT2D eigenvalue weighted by Crippen LogP contribution is 2.32. The number of hydrogen-bond acceptors (Lipinski definition) is 5. The van der Waals surface area contributed by atoms with Gasteiger partial charge in [0.05, 0.1) is 6.20 Å². The predicted octanol–water partition coefficient (Wildman–Crippen LogP) is 1.40. The fraction of sp³-hybridized carbons (Fsp3) is 0.727. The van der Waals surface area contributed by atoms with Crippen LogP contribution in [0.3, 0.4) is 0 Å². The number of nitrogens with zero attached hydrogens (tertiary/aromatic N) is 3. The maximum absolute atomic E-state index is 5.75. The van der Waals surface area contributed by atoms with E-state index in [4.69, 9.17) is 5.73 Å². The number of nitrogens with two attached hydrogens (primary N) is 1. The quantitative estimate of drug-likeness (QED) is 0.803. The van der Waals surface area contributed by atoms with E-state index in [0.29, 0.717) is 6.04 Å². The van der Waals surface area contributed by atoms with Crippen molar-refractivity contribution in [1.82, 2.24) is 9.88 Å². The minimum atomic E-state index is 0.706. The SMILES string of the molecule is CN1C2CCC1CN(c1ncc(N)s1)CC2. The zero-order valence-electron chi connectivity index (χ0n) is 9.59. The van der Waals surface area contributed by atoms with Crippen molar-refractivity contribution in [2.45, 2.75) is 31.3 Å². The molecule has 3 heterocycles. The first-order chi connectivity index (χ1) is 7.74. The van der Waals surface area contributed by atoms with E-state index in [0.717, 1.165) is 29.3 Å². The van der Waals surface area contributed by atoms with Gasteiger partial charge in [-0.25, -0.2) is 4.98 Å². The number of anilines is 2. The van der Waals surface area contributed by atoms with Crippen LogP contribution in [0.2, 0.25) is 0 Å². The average Bonchev–Trinajstić information content (AvgIpc) is 2.74. The lowest BCUT2D eigenvalue weighted by molar-refractivity contribution is 0.254. The van der Waals surface area contributed by atoms with Gasteiger partial charge in [-0.2, -0.15) is 0 Å². The normalized spacial score (nSPS) is 30.7. The Kier molecular flexibility index (Phi) is 2.52. The van der Waals surface area contributed by atoms with Gasteiger partial charge in [0.25, 0.3) is 0 Å². The zero-order chi connectivity index (χ0) is 11.1. The first-order valence-electron chi connectivity index (χ1n) is 5.92. The van der Waals surface area contributed by atoms with Crippen LogP contribution in [0, 0.1) is 0 Å². The third kappa shape index (κ3) is 1.68. The predicted molar refractivity (Wildman–Crippen MR) is 67.9 cm³/mol. The lowest BCUT2D eigenvalue weighted by Gasteiger charge is -2.25. The summed E-state index contributed by atoms with van der Waals surface area (Å²) in [4.78, 5) is 9.35. The van der Waals surface area contributed by atoms with E-state index in [1.807, 2.05) is 0 Å². The molecule has 2 N–H and O–H groups in total. The first-order valence-corrected chi connectivity index (χ1v) is 6.74. The standard InChI is InChI=1S/C11H18N4S/c1-14-8-2-3-9(14)7-15(5-4-8)11-13-6-10(12)16-11/h6,8-9H,2-5,7,12H2,1H3. The number of fused-ring (bicyclic) bond motifs is 2. The van der Waals surface area contributed by atoms with Crippen LogP contribution in [0.4, 0.5) is 10.1 Å². The first kappa shape index (κ1) is 10.4. The number of aromatic nitrogens is 1. The van der Waals surface area contributed by atoms with E-state index in [1.165, 1.54) is 19.3 Å². The fourth-order valence-corrected chi connectivity index (χ4v) is 3.62. The smallest absolute Gasteiger partial charge is 0.187 e. The number of likely N-dealkylation sites (N-methyl/N-ethyl adjacent to an activating group) is 1. The summed E-state index contributed by atoms with van der Waals surface area (Å²) in [5, 5.41) is 1.91. The Morgan fingerprint density at radius 1 is 1.38 bits per heavy atom. The summed E-state index contributed by atoms with van der Waals surface area (Å²) < 4.78 is 0. The molecule has 4 nitrogen and oxygen atoms in total. The van der Waals surface area contributed by atoms with Gasteiger partial charge in [0.2, 0.25) is 0 Å². The van der Waals surface area contributed by atoms with E-state index in [1.54, 1.807) is 17.5 Å². The lowest BCUT2D eigenvalue weighted by atomic mass is 10.1. The lowest BCUT2D eigenvalue weighted by Crippen LogP contribution is -2.36. The van der Waals surface area contributed by atoms with Crippen molar-refractivity contribution in [2.75, 3.05) is 30.8 Å². The number of rotatable bonds is 1. The van der Waals surface area contributed by atoms with Crippen LogP contribution >= 0.6 is 11.3 Å². The van der Waals surface area contributed by atoms with E-state index in [9.17, 15) is 0 Å². The van der Waals surface area contributed by atoms with E-state index < -0.39 is 0 Å². The van der Waals surface area contributed by atoms with Crippen LogP contribution < -0.4 is 10.6 Å². The molecule has 2 unspecified atom stereocenters. The van der Waals surface area contributed by atoms with Gasteiger partial charge >= 0.3 is 0 Å². The highest BCUT2D eigenvalue weighted by molar-refractivity contribution is 7.19. The van der Waals surface area contributed by atoms with Crippen molar-refractivity contribution in [1.29, 1.82) is 0 Å². The van der Waals surface area contributed by atoms with Crippen molar-refractivity contribution < 1.29 is 0 Å². The number of hydrogen-bond donors (Lipinski definition) is 1. The maximum atomic E-state index is 5.75. The van der Waals surface area contributed by atoms with E-state index >= 15 is 0 Å². The summed E-state index contributed by atoms with van der Waals surface area (Å²) in [7, 11) is 2.27. The molecular weight excluding hydrogens is 220 g/mol. The molecule has 88 valence electrons. The van der Waals surface area contributed by atoms with Crippen molar-refractivity contribution >= 4 is 21.5 Å². The molecule has 0 aliphatic carbocycles. The summed E-state index contributed by atoms with van der Waals surface area (Å²) in [6.45, 7) is 2.23. The largest absolute Gasteiger partial charge is 0.389 e. The van der Waals surface area contributed by atoms with Crippen LogP contribution in [0.1, 0.15) is 19.3 Å². The molecular formula is C11H18N4S. The topological polar surface area (TPSA) is 45.4 Å². The van der Waals surface area contributed by atoms with Gasteiger partial charge in [0, 0.05) is 25.2 Å². The van der Waals surface area contributed by atoms with Crippen LogP contribution in [0.25, 0.3) is 0 Å². The van der Waals surface area contributed by atoms with Crippen molar-refractivity contribution in [2.24, 2.45) is 0 Å². The molecule has 3 rings (SSSR count). The van der Waals surface area contributed by atoms with Gasteiger partial charge in [0.15, 0.2) is 5.13 Å². The second-order valence-corrected chi connectivity index (χ2v) is 5.87. The molecule has 1 aromatic rings. The minimum absolute atomic E-state index is 0.706. The van der Waals surface area contributed by atoms with Crippen LogP contribution in [-0.2, 0) is 0 Å². The van der Waals surface area contributed by atoms with Gasteiger partial charge in [-0.05, 0) is 26.3 Å². The van der Waals surface area contributed by atoms with E-state index in [-0.39, 0.29) is 0 Å². The van der Waals surface area contributed by atoms with Gasteiger partial charge in [0.1, 0.15) is 5.00 Å². The van der Waals surface area contributed by atoms with Gasteiger partial charge in [-0.15, -0.1) is 0 Å². The highest BCUT2D eigenvalue weighted by atomic mass is 32.1. The van der Waals surface area contributed by atoms with Gasteiger partial charge < -0.3 is 10.6 Å². The molecule has 5 heteroatoms. The molecule has 1 aromatic heterocycles. The van der Waals surface area contributed by atoms with Crippen LogP contribution in [-0.4, -0.2) is 42.1 Å². The molecule has 2 atom stereocenters. The summed E-state index contributed by atoms with van der Waals surface area (Å²) in [6, 6.07) is 1.49. The molecule has 0 spiro atoms. The Balaban J connectivity index is 1.79. The maximum Gasteiger partial charge on any atom is 0.187 e. The Labute approximate surface area is 100 Å². The average molecular weight is 238 g/mol. The molecule has 2 aliphatic rings. The summed E-state index contributed by atoms with van der Waals surface area (Å²) in [5.74, 6) is 0. The highest BCUT2D eigenvalue weighted by Gasteiger charge is 2.35. The molecule has 0 amide bonds.